The zero-order valence-electron chi connectivity index (χ0n) is 44.0. The molecule has 0 atom stereocenters. The Morgan fingerprint density at radius 1 is 0.679 bits per heavy atom. The van der Waals surface area contributed by atoms with E-state index < -0.39 is 56.2 Å². The monoisotopic (exact) mass is 1230 g/mol. The number of allylic oxidation sites excluding steroid dienone is 1. The number of aromatic nitrogens is 1. The Morgan fingerprint density at radius 2 is 1.27 bits per heavy atom. The molecule has 9 rings (SSSR count). The van der Waals surface area contributed by atoms with Gasteiger partial charge in [0, 0.05) is 52.0 Å². The number of azo groups is 3. The molecule has 0 saturated heterocycles. The normalized spacial score (nSPS) is 12.9. The van der Waals surface area contributed by atoms with Crippen molar-refractivity contribution < 1.29 is 61.4 Å². The lowest BCUT2D eigenvalue weighted by Gasteiger charge is -2.17. The quantitative estimate of drug-likeness (QED) is 0.0310. The molecule has 2 aromatic heterocycles. The number of nitrogens with zero attached hydrogens (tertiary/aromatic N) is 8. The Kier molecular flexibility index (Phi) is 16.4. The van der Waals surface area contributed by atoms with E-state index in [0.717, 1.165) is 84.3 Å². The maximum absolute atomic E-state index is 12.7. The smallest absolute Gasteiger partial charge is 0.295 e. The van der Waals surface area contributed by atoms with Crippen molar-refractivity contribution in [2.75, 3.05) is 28.8 Å². The van der Waals surface area contributed by atoms with Crippen LogP contribution in [0.25, 0.3) is 28.0 Å². The van der Waals surface area contributed by atoms with E-state index in [1.54, 1.807) is 19.9 Å². The lowest BCUT2D eigenvalue weighted by atomic mass is 9.93. The molecule has 1 amide bonds. The molecule has 8 aromatic rings. The minimum atomic E-state index is -5.09. The molecule has 2 heterocycles. The molecule has 0 unspecified atom stereocenters. The first kappa shape index (κ1) is 59.4. The highest BCUT2D eigenvalue weighted by molar-refractivity contribution is 7.87. The number of rotatable bonds is 17. The number of nitrogens with two attached hydrogens (primary N) is 1. The van der Waals surface area contributed by atoms with Crippen LogP contribution in [0.15, 0.2) is 159 Å². The molecule has 0 bridgehead atoms. The summed E-state index contributed by atoms with van der Waals surface area (Å²) >= 11 is 0.959. The second-order valence-corrected chi connectivity index (χ2v) is 25.0. The standard InChI is InChI=1S/C53H44N12O14S5/c1-27-19-43(44(79-4)25-42(27)61-60-36-22-40-39(46(24-36)84(76,77)78)21-35(56-29(3)66)23-45(40)83(73,74)75)62-65-53-47(32-10-9-30-7-5-6-8-31(30)20-32)41(26-54)52(80-53)64-63-49-28(2)48(55)50(57-33-11-15-37(16-12-33)81(67,68)69)59-51(49)58-34-13-17-38(18-14-34)82(70,71)72/h5,7,9-25H,6,8,55H2,1-4H3,(H,56,66)(H2,57,58,59)(H,67,68,69)(H,70,71,72)(H,73,74,75)(H,76,77,78)/b61-60+,64-63+,65-62+. The number of thiophene rings is 1. The SMILES string of the molecule is COc1cc(/N=N/c2cc(S(=O)(=O)O)c3cc(NC(C)=O)cc(S(=O)(=O)O)c3c2)c(C)cc1/N=N/c1sc(/N=N/c2c(Nc3ccc(S(=O)(=O)O)cc3)nc(Nc3ccc(S(=O)(=O)O)cc3)c(N)c2C)c(C#N)c1-c1ccc2c(c1)CCC=C2. The summed E-state index contributed by atoms with van der Waals surface area (Å²) in [4.78, 5) is 14.1. The minimum Gasteiger partial charge on any atom is -0.494 e. The van der Waals surface area contributed by atoms with Crippen molar-refractivity contribution in [2.45, 2.75) is 53.2 Å². The van der Waals surface area contributed by atoms with Gasteiger partial charge in [-0.05, 0) is 128 Å². The van der Waals surface area contributed by atoms with Gasteiger partial charge in [-0.2, -0.15) is 49.2 Å². The molecule has 0 spiro atoms. The van der Waals surface area contributed by atoms with Gasteiger partial charge >= 0.3 is 0 Å². The number of carbonyl (C=O) groups excluding carboxylic acids is 1. The van der Waals surface area contributed by atoms with Crippen LogP contribution in [0, 0.1) is 25.2 Å². The number of aryl methyl sites for hydroxylation is 2. The van der Waals surface area contributed by atoms with Gasteiger partial charge in [-0.3, -0.25) is 23.0 Å². The zero-order valence-corrected chi connectivity index (χ0v) is 48.0. The summed E-state index contributed by atoms with van der Waals surface area (Å²) in [5, 5.41) is 45.6. The Bertz CT molecular complexity index is 4700. The Hall–Kier alpha value is -9.23. The topological polar surface area (TPSA) is 417 Å². The van der Waals surface area contributed by atoms with Crippen LogP contribution in [0.1, 0.15) is 41.2 Å². The number of nitrogen functional groups attached to an aromatic ring is 1. The Labute approximate surface area is 483 Å². The summed E-state index contributed by atoms with van der Waals surface area (Å²) in [6, 6.07) is 25.0. The molecule has 0 fully saturated rings. The maximum Gasteiger partial charge on any atom is 0.295 e. The van der Waals surface area contributed by atoms with Gasteiger partial charge in [-0.1, -0.05) is 41.7 Å². The summed E-state index contributed by atoms with van der Waals surface area (Å²) in [7, 11) is -17.9. The first-order chi connectivity index (χ1) is 39.6. The van der Waals surface area contributed by atoms with Crippen molar-refractivity contribution >= 4 is 142 Å². The molecular weight excluding hydrogens is 1190 g/mol. The molecule has 31 heteroatoms. The van der Waals surface area contributed by atoms with Gasteiger partial charge in [0.05, 0.1) is 34.0 Å². The van der Waals surface area contributed by atoms with Crippen LogP contribution in [-0.2, 0) is 51.7 Å². The van der Waals surface area contributed by atoms with Gasteiger partial charge in [0.2, 0.25) is 5.91 Å². The van der Waals surface area contributed by atoms with Gasteiger partial charge in [-0.15, -0.1) is 20.5 Å². The third-order valence-electron chi connectivity index (χ3n) is 12.7. The fourth-order valence-electron chi connectivity index (χ4n) is 8.67. The number of carbonyl (C=O) groups is 1. The number of hydrogen-bond acceptors (Lipinski definition) is 22. The van der Waals surface area contributed by atoms with Crippen LogP contribution >= 0.6 is 11.3 Å². The van der Waals surface area contributed by atoms with E-state index >= 15 is 0 Å². The van der Waals surface area contributed by atoms with E-state index in [1.807, 2.05) is 24.3 Å². The highest BCUT2D eigenvalue weighted by Gasteiger charge is 2.26. The van der Waals surface area contributed by atoms with Gasteiger partial charge in [-0.25, -0.2) is 4.98 Å². The maximum atomic E-state index is 12.7. The van der Waals surface area contributed by atoms with Crippen LogP contribution in [-0.4, -0.2) is 69.9 Å². The minimum absolute atomic E-state index is 0.00948. The largest absolute Gasteiger partial charge is 0.494 e. The van der Waals surface area contributed by atoms with E-state index in [2.05, 4.69) is 63.8 Å². The molecular formula is C53H44N12O14S5. The predicted molar refractivity (Wildman–Crippen MR) is 312 cm³/mol. The van der Waals surface area contributed by atoms with Crippen molar-refractivity contribution in [2.24, 2.45) is 30.7 Å². The Balaban J connectivity index is 1.12. The van der Waals surface area contributed by atoms with E-state index in [-0.39, 0.29) is 93.3 Å². The first-order valence-corrected chi connectivity index (χ1v) is 30.8. The van der Waals surface area contributed by atoms with Crippen molar-refractivity contribution in [3.8, 4) is 22.9 Å². The summed E-state index contributed by atoms with van der Waals surface area (Å²) < 4.78 is 143. The number of hydrogen-bond donors (Lipinski definition) is 8. The van der Waals surface area contributed by atoms with Crippen LogP contribution in [0.5, 0.6) is 5.75 Å². The molecule has 84 heavy (non-hydrogen) atoms. The number of nitrogens with one attached hydrogen (secondary N) is 3. The Morgan fingerprint density at radius 3 is 1.87 bits per heavy atom. The van der Waals surface area contributed by atoms with Crippen molar-refractivity contribution in [1.82, 2.24) is 4.98 Å². The lowest BCUT2D eigenvalue weighted by Crippen LogP contribution is -2.09. The average molecular weight is 1230 g/mol. The summed E-state index contributed by atoms with van der Waals surface area (Å²) in [6.45, 7) is 4.36. The van der Waals surface area contributed by atoms with Gasteiger partial charge in [0.1, 0.15) is 43.5 Å². The summed E-state index contributed by atoms with van der Waals surface area (Å²) in [6.07, 6.45) is 5.55. The van der Waals surface area contributed by atoms with Crippen molar-refractivity contribution in [3.05, 3.63) is 137 Å². The van der Waals surface area contributed by atoms with Crippen LogP contribution < -0.4 is 26.4 Å². The van der Waals surface area contributed by atoms with E-state index in [0.29, 0.717) is 34.4 Å². The number of ether oxygens (including phenoxy) is 1. The van der Waals surface area contributed by atoms with E-state index in [1.165, 1.54) is 37.4 Å². The third-order valence-corrected chi connectivity index (χ3v) is 17.2. The fraction of sp³-hybridized carbons (Fsp3) is 0.113. The van der Waals surface area contributed by atoms with Crippen LogP contribution in [0.4, 0.5) is 67.1 Å². The molecule has 6 aromatic carbocycles. The van der Waals surface area contributed by atoms with E-state index in [9.17, 15) is 61.9 Å². The highest BCUT2D eigenvalue weighted by Crippen LogP contribution is 2.50. The van der Waals surface area contributed by atoms with Crippen LogP contribution in [0.3, 0.4) is 0 Å². The molecule has 0 aliphatic heterocycles. The molecule has 9 N–H and O–H groups in total. The van der Waals surface area contributed by atoms with Gasteiger partial charge in [0.15, 0.2) is 16.6 Å². The summed E-state index contributed by atoms with van der Waals surface area (Å²) in [5.74, 6) is -0.467. The lowest BCUT2D eigenvalue weighted by molar-refractivity contribution is -0.114. The first-order valence-electron chi connectivity index (χ1n) is 24.2. The molecule has 26 nitrogen and oxygen atoms in total. The van der Waals surface area contributed by atoms with Crippen molar-refractivity contribution in [3.63, 3.8) is 0 Å². The molecule has 1 aliphatic rings. The molecule has 430 valence electrons. The number of benzene rings is 6. The number of nitriles is 1. The second-order valence-electron chi connectivity index (χ2n) is 18.4. The number of methoxy groups -OCH3 is 1. The number of fused-ring (bicyclic) bond motifs is 2. The summed E-state index contributed by atoms with van der Waals surface area (Å²) in [5.41, 5.74) is 10.9. The van der Waals surface area contributed by atoms with Crippen LogP contribution in [0.2, 0.25) is 0 Å². The van der Waals surface area contributed by atoms with Gasteiger partial charge < -0.3 is 26.4 Å². The zero-order chi connectivity index (χ0) is 60.6. The number of amides is 1. The van der Waals surface area contributed by atoms with Gasteiger partial charge in [0.25, 0.3) is 40.5 Å². The third kappa shape index (κ3) is 13.0. The van der Waals surface area contributed by atoms with Crippen molar-refractivity contribution in [1.29, 1.82) is 5.26 Å². The second kappa shape index (κ2) is 23.2. The number of anilines is 6. The molecule has 0 radical (unpaired) electrons. The molecule has 1 aliphatic carbocycles. The van der Waals surface area contributed by atoms with E-state index in [4.69, 9.17) is 10.5 Å². The molecule has 0 saturated carbocycles. The average Bonchev–Trinajstić information content (AvgIpc) is 1.26. The highest BCUT2D eigenvalue weighted by atomic mass is 32.2. The number of pyridine rings is 1. The predicted octanol–water partition coefficient (Wildman–Crippen LogP) is 12.7. The fourth-order valence-corrected chi connectivity index (χ4v) is 12.0.